The van der Waals surface area contributed by atoms with Crippen LogP contribution in [0.25, 0.3) is 128 Å². The van der Waals surface area contributed by atoms with Gasteiger partial charge in [0.2, 0.25) is 0 Å². The molecule has 0 unspecified atom stereocenters. The average molecular weight is 1190 g/mol. The van der Waals surface area contributed by atoms with Crippen molar-refractivity contribution in [1.29, 1.82) is 0 Å². The van der Waals surface area contributed by atoms with E-state index in [4.69, 9.17) is 66.4 Å². The van der Waals surface area contributed by atoms with Crippen molar-refractivity contribution in [2.24, 2.45) is 0 Å². The minimum Gasteiger partial charge on any atom is -0.373 e. The number of anilines is 4. The monoisotopic (exact) mass is 1190 g/mol. The second-order valence-electron chi connectivity index (χ2n) is 12.5. The fraction of sp³-hybridized carbons (Fsp3) is 0.100. The van der Waals surface area contributed by atoms with Crippen molar-refractivity contribution >= 4 is 68.1 Å². The maximum Gasteiger partial charge on any atom is 2.00 e. The third-order valence-electron chi connectivity index (χ3n) is 8.22. The van der Waals surface area contributed by atoms with E-state index in [1.165, 1.54) is 29.5 Å². The summed E-state index contributed by atoms with van der Waals surface area (Å²) in [5, 5.41) is 36.8. The predicted molar refractivity (Wildman–Crippen MR) is 267 cm³/mol. The molecule has 6 aromatic heterocycles. The number of fused-ring (bicyclic) bond motifs is 2. The van der Waals surface area contributed by atoms with Crippen LogP contribution in [0.4, 0.5) is 46.5 Å². The molecule has 0 saturated carbocycles. The van der Waals surface area contributed by atoms with Gasteiger partial charge in [-0.2, -0.15) is 0 Å². The van der Waals surface area contributed by atoms with Gasteiger partial charge in [0.15, 0.2) is 0 Å². The fourth-order valence-corrected chi connectivity index (χ4v) is 5.38. The molecule has 6 heterocycles. The summed E-state index contributed by atoms with van der Waals surface area (Å²) in [6, 6.07) is 31.4. The summed E-state index contributed by atoms with van der Waals surface area (Å²) < 4.78 is 0. The Morgan fingerprint density at radius 1 is 0.311 bits per heavy atom. The van der Waals surface area contributed by atoms with Gasteiger partial charge < -0.3 is 97.6 Å². The summed E-state index contributed by atoms with van der Waals surface area (Å²) in [5.41, 5.74) is 85.1. The Kier molecular flexibility index (Phi) is 41.2. The number of aromatic nitrogens is 8. The smallest absolute Gasteiger partial charge is 0.373 e. The Bertz CT molecular complexity index is 2700. The molecule has 2 aromatic carbocycles. The quantitative estimate of drug-likeness (QED) is 0.0626. The van der Waals surface area contributed by atoms with Crippen LogP contribution in [-0.2, 0) is 68.3 Å². The topological polar surface area (TPSA) is 508 Å². The summed E-state index contributed by atoms with van der Waals surface area (Å²) in [6.45, 7) is 7.94. The summed E-state index contributed by atoms with van der Waals surface area (Å²) in [7, 11) is 0. The van der Waals surface area contributed by atoms with Crippen LogP contribution in [0.5, 0.6) is 0 Å². The first-order valence-corrected chi connectivity index (χ1v) is 19.0. The van der Waals surface area contributed by atoms with Gasteiger partial charge in [-0.1, -0.05) is 84.9 Å². The fourth-order valence-electron chi connectivity index (χ4n) is 5.38. The van der Waals surface area contributed by atoms with Gasteiger partial charge in [-0.25, -0.2) is 20.2 Å². The van der Waals surface area contributed by atoms with E-state index in [0.717, 1.165) is 55.4 Å². The Morgan fingerprint density at radius 3 is 0.838 bits per heavy atom. The van der Waals surface area contributed by atoms with Crippen LogP contribution in [-0.4, -0.2) is 40.3 Å². The number of aryl methyl sites for hydroxylation is 4. The van der Waals surface area contributed by atoms with Gasteiger partial charge in [0.1, 0.15) is 23.3 Å². The van der Waals surface area contributed by atoms with Gasteiger partial charge in [-0.05, 0) is 85.2 Å². The maximum absolute atomic E-state index is 6.75. The van der Waals surface area contributed by atoms with Crippen LogP contribution in [0.3, 0.4) is 0 Å². The van der Waals surface area contributed by atoms with E-state index in [1.54, 1.807) is 24.8 Å². The molecule has 8 aromatic rings. The number of hydrogen-bond donors (Lipinski definition) is 2. The van der Waals surface area contributed by atoms with E-state index in [1.807, 2.05) is 125 Å². The minimum absolute atomic E-state index is 0. The van der Waals surface area contributed by atoms with E-state index in [0.29, 0.717) is 34.9 Å². The third-order valence-corrected chi connectivity index (χ3v) is 8.22. The summed E-state index contributed by atoms with van der Waals surface area (Å²) in [4.78, 5) is 26.4. The largest absolute Gasteiger partial charge is 2.00 e. The molecule has 0 aliphatic rings. The molecule has 0 amide bonds. The Morgan fingerprint density at radius 2 is 0.568 bits per heavy atom. The molecule has 74 heavy (non-hydrogen) atoms. The van der Waals surface area contributed by atoms with Gasteiger partial charge in [-0.15, -0.1) is 0 Å². The summed E-state index contributed by atoms with van der Waals surface area (Å²) in [6.07, 6.45) is 6.94. The first-order chi connectivity index (χ1) is 33.9. The predicted octanol–water partition coefficient (Wildman–Crippen LogP) is 15.4. The van der Waals surface area contributed by atoms with Crippen molar-refractivity contribution in [2.75, 3.05) is 10.6 Å². The molecule has 0 aliphatic carbocycles. The maximum atomic E-state index is 6.75. The van der Waals surface area contributed by atoms with Crippen LogP contribution in [0, 0.1) is 27.7 Å². The Hall–Kier alpha value is -9.14. The zero-order valence-corrected chi connectivity index (χ0v) is 42.0. The van der Waals surface area contributed by atoms with Crippen molar-refractivity contribution in [2.45, 2.75) is 27.7 Å². The van der Waals surface area contributed by atoms with Crippen molar-refractivity contribution < 1.29 is 68.3 Å². The Labute approximate surface area is 462 Å². The van der Waals surface area contributed by atoms with Crippen LogP contribution in [0.2, 0.25) is 0 Å². The second-order valence-corrected chi connectivity index (χ2v) is 12.5. The first kappa shape index (κ1) is 71.4. The normalized spacial score (nSPS) is 8.16. The number of rotatable bonds is 8. The molecule has 0 spiro atoms. The van der Waals surface area contributed by atoms with Crippen molar-refractivity contribution in [3.8, 4) is 0 Å². The molecule has 388 valence electrons. The van der Waals surface area contributed by atoms with Gasteiger partial charge in [0, 0.05) is 46.4 Å². The number of nitrogens with one attached hydrogen (secondary N) is 2. The number of nitrogens with zero attached hydrogens (tertiary/aromatic N) is 28. The van der Waals surface area contributed by atoms with Gasteiger partial charge >= 0.3 is 68.3 Å². The molecule has 34 heteroatoms. The summed E-state index contributed by atoms with van der Waals surface area (Å²) in [5.74, 6) is 5.21. The van der Waals surface area contributed by atoms with Crippen molar-refractivity contribution in [3.05, 3.63) is 251 Å². The molecule has 0 atom stereocenters. The van der Waals surface area contributed by atoms with E-state index in [-0.39, 0.29) is 68.3 Å². The molecule has 8 rings (SSSR count). The standard InChI is InChI=1S/2C20H17N6.4Cu.6N3/c2*1-13-7-5-11-21-17(13)23-19-15-9-3-4-10-16(15)20(26-25-19)24-18-14(2)8-6-12-22-18;;;;;6*1-3-2/h2*3-12H,1-2H3,(H-,21,22,23,24,25,26);;;;;;;;;;/q2*-1;4*+2;6*-1. The van der Waals surface area contributed by atoms with Crippen molar-refractivity contribution in [1.82, 2.24) is 40.3 Å². The molecule has 0 aliphatic heterocycles. The molecule has 4 radical (unpaired) electrons. The number of pyridine rings is 4. The number of hydrogen-bond acceptors (Lipinski definition) is 10. The SMILES string of the molecule is Cc1cccnc1[N-]c1nnc(Nc2ncccc2C)c2ccccc12.Cc1cccnc1[N-]c1nnc(Nc2ncccc2C)c2ccccc12.[Cu+2].[Cu+2].[Cu+2].[Cu+2].[N-]=[N+]=[N-].[N-]=[N+]=[N-].[N-]=[N+]=[N-].[N-]=[N+]=[N-].[N-]=[N+]=[N-].[N-]=[N+]=[N-]. The van der Waals surface area contributed by atoms with Gasteiger partial charge in [0.05, 0.1) is 0 Å². The van der Waals surface area contributed by atoms with Crippen LogP contribution in [0.1, 0.15) is 22.3 Å². The molecule has 2 N–H and O–H groups in total. The second kappa shape index (κ2) is 42.7. The molecular formula is C40H34Cu4N30. The molecule has 0 fully saturated rings. The van der Waals surface area contributed by atoms with Crippen LogP contribution in [0.15, 0.2) is 122 Å². The first-order valence-electron chi connectivity index (χ1n) is 19.0. The average Bonchev–Trinajstić information content (AvgIpc) is 3.35. The third kappa shape index (κ3) is 24.6. The summed E-state index contributed by atoms with van der Waals surface area (Å²) >= 11 is 0. The van der Waals surface area contributed by atoms with Gasteiger partial charge in [-0.3, -0.25) is 39.7 Å². The van der Waals surface area contributed by atoms with Gasteiger partial charge in [0.25, 0.3) is 0 Å². The molecule has 30 nitrogen and oxygen atoms in total. The molecular weight excluding hydrogens is 1150 g/mol. The minimum atomic E-state index is 0. The Balaban J connectivity index is -0.000000482. The van der Waals surface area contributed by atoms with E-state index < -0.39 is 0 Å². The number of benzene rings is 2. The van der Waals surface area contributed by atoms with E-state index in [9.17, 15) is 0 Å². The zero-order valence-electron chi connectivity index (χ0n) is 38.3. The van der Waals surface area contributed by atoms with E-state index >= 15 is 0 Å². The van der Waals surface area contributed by atoms with Crippen LogP contribution >= 0.6 is 0 Å². The van der Waals surface area contributed by atoms with Crippen molar-refractivity contribution in [3.63, 3.8) is 0 Å². The molecule has 0 bridgehead atoms. The zero-order chi connectivity index (χ0) is 52.1. The van der Waals surface area contributed by atoms with E-state index in [2.05, 4.69) is 61.6 Å². The molecule has 0 saturated heterocycles. The van der Waals surface area contributed by atoms with Crippen LogP contribution < -0.4 is 10.6 Å².